The summed E-state index contributed by atoms with van der Waals surface area (Å²) in [5.74, 6) is 0.348. The SMILES string of the molecule is C=CC1=C(C=C)C2=C([B]1)C(=C)/C=C\[C@H](C)/C=C\C(=C)C=C2. The van der Waals surface area contributed by atoms with Gasteiger partial charge in [0.1, 0.15) is 0 Å². The van der Waals surface area contributed by atoms with Gasteiger partial charge in [0, 0.05) is 0 Å². The average Bonchev–Trinajstić information content (AvgIpc) is 2.84. The number of hydrogen-bond donors (Lipinski definition) is 0. The van der Waals surface area contributed by atoms with Gasteiger partial charge in [-0.05, 0) is 28.2 Å². The van der Waals surface area contributed by atoms with Gasteiger partial charge in [-0.3, -0.25) is 0 Å². The van der Waals surface area contributed by atoms with Gasteiger partial charge in [-0.1, -0.05) is 92.8 Å². The molecule has 1 atom stereocenters. The first kappa shape index (κ1) is 15.1. The van der Waals surface area contributed by atoms with Crippen LogP contribution in [0.1, 0.15) is 6.92 Å². The lowest BCUT2D eigenvalue weighted by atomic mass is 9.63. The molecule has 1 aliphatic carbocycles. The van der Waals surface area contributed by atoms with Gasteiger partial charge < -0.3 is 0 Å². The van der Waals surface area contributed by atoms with E-state index in [0.29, 0.717) is 5.92 Å². The van der Waals surface area contributed by atoms with Crippen molar-refractivity contribution in [2.75, 3.05) is 0 Å². The van der Waals surface area contributed by atoms with Gasteiger partial charge in [-0.15, -0.1) is 0 Å². The Morgan fingerprint density at radius 1 is 1.00 bits per heavy atom. The van der Waals surface area contributed by atoms with Gasteiger partial charge in [0.25, 0.3) is 0 Å². The van der Waals surface area contributed by atoms with Crippen molar-refractivity contribution in [2.24, 2.45) is 5.92 Å². The normalized spacial score (nSPS) is 25.1. The van der Waals surface area contributed by atoms with E-state index in [0.717, 1.165) is 33.2 Å². The molecule has 1 heteroatoms. The standard InChI is InChI=1S/C20H20B/c1-6-17-18-13-11-15(4)9-8-14(3)10-12-16(5)20(18)21-19(17)7-2/h6-14H,1-2,4-5H2,3H3/b9-8-,12-10-,13-11?/t14-/m1/s1. The Kier molecular flexibility index (Phi) is 4.64. The van der Waals surface area contributed by atoms with E-state index in [2.05, 4.69) is 64.8 Å². The van der Waals surface area contributed by atoms with Crippen molar-refractivity contribution in [1.82, 2.24) is 0 Å². The van der Waals surface area contributed by atoms with Crippen LogP contribution in [0.15, 0.2) is 108 Å². The minimum atomic E-state index is 0.348. The largest absolute Gasteiger partial charge is 0.193 e. The molecule has 0 saturated heterocycles. The minimum absolute atomic E-state index is 0.348. The summed E-state index contributed by atoms with van der Waals surface area (Å²) in [4.78, 5) is 0. The molecule has 0 aromatic rings. The van der Waals surface area contributed by atoms with Crippen LogP contribution in [0.3, 0.4) is 0 Å². The molecule has 103 valence electrons. The highest BCUT2D eigenvalue weighted by atomic mass is 14.2. The topological polar surface area (TPSA) is 0 Å². The maximum atomic E-state index is 4.20. The molecule has 0 nitrogen and oxygen atoms in total. The van der Waals surface area contributed by atoms with Crippen LogP contribution in [0.25, 0.3) is 0 Å². The van der Waals surface area contributed by atoms with Crippen molar-refractivity contribution in [3.8, 4) is 0 Å². The van der Waals surface area contributed by atoms with E-state index in [1.165, 1.54) is 0 Å². The second-order valence-electron chi connectivity index (χ2n) is 5.26. The van der Waals surface area contributed by atoms with E-state index >= 15 is 0 Å². The Balaban J connectivity index is 2.56. The molecule has 1 radical (unpaired) electrons. The van der Waals surface area contributed by atoms with Crippen LogP contribution in [0.2, 0.25) is 0 Å². The lowest BCUT2D eigenvalue weighted by Crippen LogP contribution is -1.97. The van der Waals surface area contributed by atoms with E-state index in [1.807, 2.05) is 24.3 Å². The maximum Gasteiger partial charge on any atom is 0.193 e. The first-order valence-electron chi connectivity index (χ1n) is 7.08. The maximum absolute atomic E-state index is 4.20. The molecule has 1 heterocycles. The smallest absolute Gasteiger partial charge is 0.0996 e. The summed E-state index contributed by atoms with van der Waals surface area (Å²) in [6.07, 6.45) is 16.3. The summed E-state index contributed by atoms with van der Waals surface area (Å²) in [6.45, 7) is 18.2. The van der Waals surface area contributed by atoms with Crippen LogP contribution in [-0.4, -0.2) is 7.28 Å². The number of allylic oxidation sites excluding steroid dienone is 14. The monoisotopic (exact) mass is 271 g/mol. The molecule has 2 aliphatic rings. The summed E-state index contributed by atoms with van der Waals surface area (Å²) in [7, 11) is 2.12. The van der Waals surface area contributed by atoms with Gasteiger partial charge in [0.15, 0.2) is 7.28 Å². The summed E-state index contributed by atoms with van der Waals surface area (Å²) < 4.78 is 0. The van der Waals surface area contributed by atoms with E-state index in [-0.39, 0.29) is 0 Å². The van der Waals surface area contributed by atoms with Crippen LogP contribution in [-0.2, 0) is 0 Å². The predicted octanol–water partition coefficient (Wildman–Crippen LogP) is 5.02. The first-order valence-corrected chi connectivity index (χ1v) is 7.08. The Bertz CT molecular complexity index is 660. The molecule has 1 aliphatic heterocycles. The molecule has 0 bridgehead atoms. The Labute approximate surface area is 128 Å². The first-order chi connectivity index (χ1) is 10.1. The molecule has 0 unspecified atom stereocenters. The van der Waals surface area contributed by atoms with Gasteiger partial charge >= 0.3 is 0 Å². The van der Waals surface area contributed by atoms with Crippen LogP contribution < -0.4 is 0 Å². The molecule has 0 N–H and O–H groups in total. The molecular weight excluding hydrogens is 251 g/mol. The van der Waals surface area contributed by atoms with E-state index in [1.54, 1.807) is 0 Å². The van der Waals surface area contributed by atoms with Crippen LogP contribution >= 0.6 is 0 Å². The fourth-order valence-corrected chi connectivity index (χ4v) is 2.40. The van der Waals surface area contributed by atoms with E-state index in [9.17, 15) is 0 Å². The van der Waals surface area contributed by atoms with Crippen molar-refractivity contribution in [3.63, 3.8) is 0 Å². The van der Waals surface area contributed by atoms with Crippen molar-refractivity contribution >= 4 is 7.28 Å². The molecule has 0 fully saturated rings. The summed E-state index contributed by atoms with van der Waals surface area (Å²) in [6, 6.07) is 0. The lowest BCUT2D eigenvalue weighted by Gasteiger charge is -2.06. The van der Waals surface area contributed by atoms with Crippen molar-refractivity contribution in [2.45, 2.75) is 6.92 Å². The summed E-state index contributed by atoms with van der Waals surface area (Å²) in [5, 5.41) is 0. The fourth-order valence-electron chi connectivity index (χ4n) is 2.40. The highest BCUT2D eigenvalue weighted by molar-refractivity contribution is 6.59. The number of rotatable bonds is 2. The van der Waals surface area contributed by atoms with Crippen molar-refractivity contribution < 1.29 is 0 Å². The van der Waals surface area contributed by atoms with Crippen molar-refractivity contribution in [3.05, 3.63) is 108 Å². The highest BCUT2D eigenvalue weighted by Gasteiger charge is 2.21. The quantitative estimate of drug-likeness (QED) is 0.619. The van der Waals surface area contributed by atoms with Gasteiger partial charge in [0.2, 0.25) is 0 Å². The van der Waals surface area contributed by atoms with E-state index < -0.39 is 0 Å². The zero-order valence-corrected chi connectivity index (χ0v) is 12.6. The second-order valence-corrected chi connectivity index (χ2v) is 5.26. The van der Waals surface area contributed by atoms with Crippen LogP contribution in [0.4, 0.5) is 0 Å². The molecule has 0 aromatic carbocycles. The Morgan fingerprint density at radius 3 is 2.38 bits per heavy atom. The van der Waals surface area contributed by atoms with Gasteiger partial charge in [-0.25, -0.2) is 0 Å². The molecule has 0 aromatic heterocycles. The van der Waals surface area contributed by atoms with Crippen molar-refractivity contribution in [1.29, 1.82) is 0 Å². The van der Waals surface area contributed by atoms with E-state index in [4.69, 9.17) is 0 Å². The second kappa shape index (κ2) is 6.45. The van der Waals surface area contributed by atoms with Gasteiger partial charge in [0.05, 0.1) is 0 Å². The minimum Gasteiger partial charge on any atom is -0.0996 e. The third kappa shape index (κ3) is 3.25. The zero-order chi connectivity index (χ0) is 15.4. The predicted molar refractivity (Wildman–Crippen MR) is 95.1 cm³/mol. The molecule has 2 rings (SSSR count). The molecule has 21 heavy (non-hydrogen) atoms. The molecule has 0 saturated carbocycles. The third-order valence-electron chi connectivity index (χ3n) is 3.64. The average molecular weight is 271 g/mol. The van der Waals surface area contributed by atoms with Crippen LogP contribution in [0, 0.1) is 5.92 Å². The molecular formula is C20H20B. The summed E-state index contributed by atoms with van der Waals surface area (Å²) in [5.41, 5.74) is 6.40. The Hall–Kier alpha value is -2.28. The molecule has 0 amide bonds. The van der Waals surface area contributed by atoms with Gasteiger partial charge in [-0.2, -0.15) is 0 Å². The highest BCUT2D eigenvalue weighted by Crippen LogP contribution is 2.33. The number of hydrogen-bond acceptors (Lipinski definition) is 0. The Morgan fingerprint density at radius 2 is 1.71 bits per heavy atom. The van der Waals surface area contributed by atoms with Crippen LogP contribution in [0.5, 0.6) is 0 Å². The molecule has 0 spiro atoms. The zero-order valence-electron chi connectivity index (χ0n) is 12.6. The fraction of sp³-hybridized carbons (Fsp3) is 0.100. The lowest BCUT2D eigenvalue weighted by molar-refractivity contribution is 0.938. The summed E-state index contributed by atoms with van der Waals surface area (Å²) >= 11 is 0. The third-order valence-corrected chi connectivity index (χ3v) is 3.64.